The van der Waals surface area contributed by atoms with Crippen molar-refractivity contribution >= 4 is 17.6 Å². The van der Waals surface area contributed by atoms with Gasteiger partial charge in [0.2, 0.25) is 0 Å². The highest BCUT2D eigenvalue weighted by Gasteiger charge is 2.38. The highest BCUT2D eigenvalue weighted by molar-refractivity contribution is 6.03. The number of ketones is 2. The van der Waals surface area contributed by atoms with Crippen LogP contribution in [0.5, 0.6) is 0 Å². The zero-order valence-corrected chi connectivity index (χ0v) is 16.2. The third kappa shape index (κ3) is 4.15. The van der Waals surface area contributed by atoms with Crippen molar-refractivity contribution in [2.75, 3.05) is 0 Å². The molecule has 4 rings (SSSR count). The van der Waals surface area contributed by atoms with E-state index < -0.39 is 0 Å². The molecule has 1 aromatic carbocycles. The second-order valence-corrected chi connectivity index (χ2v) is 8.52. The van der Waals surface area contributed by atoms with Crippen LogP contribution >= 0.6 is 0 Å². The summed E-state index contributed by atoms with van der Waals surface area (Å²) in [5, 5.41) is 0. The van der Waals surface area contributed by atoms with Gasteiger partial charge in [0.25, 0.3) is 0 Å². The minimum Gasteiger partial charge on any atom is -0.299 e. The molecule has 2 nitrogen and oxygen atoms in total. The first-order valence-electron chi connectivity index (χ1n) is 10.7. The lowest BCUT2D eigenvalue weighted by Crippen LogP contribution is -2.32. The molecule has 0 unspecified atom stereocenters. The van der Waals surface area contributed by atoms with E-state index in [2.05, 4.69) is 6.08 Å². The minimum absolute atomic E-state index is 0.0491. The molecule has 3 aliphatic rings. The Morgan fingerprint density at radius 2 is 1.74 bits per heavy atom. The summed E-state index contributed by atoms with van der Waals surface area (Å²) in [6, 6.07) is 10.1. The Hall–Kier alpha value is -1.96. The fourth-order valence-electron chi connectivity index (χ4n) is 5.23. The van der Waals surface area contributed by atoms with E-state index in [4.69, 9.17) is 0 Å². The predicted molar refractivity (Wildman–Crippen MR) is 109 cm³/mol. The predicted octanol–water partition coefficient (Wildman–Crippen LogP) is 5.93. The molecule has 2 fully saturated rings. The van der Waals surface area contributed by atoms with Crippen LogP contribution < -0.4 is 0 Å². The van der Waals surface area contributed by atoms with E-state index in [1.165, 1.54) is 18.4 Å². The highest BCUT2D eigenvalue weighted by atomic mass is 16.1. The van der Waals surface area contributed by atoms with Crippen LogP contribution in [0, 0.1) is 17.8 Å². The Labute approximate surface area is 162 Å². The van der Waals surface area contributed by atoms with Crippen molar-refractivity contribution in [3.63, 3.8) is 0 Å². The molecule has 0 amide bonds. The SMILES string of the molecule is O=C1/C(=C/c2ccccc2)CC[C@@H]1C[C@H]1CCC[C@@H](C2=CCCCC2)C1=O. The smallest absolute Gasteiger partial charge is 0.161 e. The number of benzene rings is 1. The Morgan fingerprint density at radius 3 is 2.52 bits per heavy atom. The van der Waals surface area contributed by atoms with Crippen LogP contribution in [0.3, 0.4) is 0 Å². The van der Waals surface area contributed by atoms with Gasteiger partial charge in [-0.15, -0.1) is 0 Å². The van der Waals surface area contributed by atoms with E-state index in [0.29, 0.717) is 5.78 Å². The third-order valence-electron chi connectivity index (χ3n) is 6.72. The molecule has 0 N–H and O–H groups in total. The summed E-state index contributed by atoms with van der Waals surface area (Å²) in [5.74, 6) is 1.01. The Balaban J connectivity index is 1.41. The maximum Gasteiger partial charge on any atom is 0.161 e. The van der Waals surface area contributed by atoms with Crippen LogP contribution in [-0.4, -0.2) is 11.6 Å². The average Bonchev–Trinajstić information content (AvgIpc) is 3.04. The summed E-state index contributed by atoms with van der Waals surface area (Å²) in [7, 11) is 0. The van der Waals surface area contributed by atoms with Gasteiger partial charge in [-0.1, -0.05) is 48.4 Å². The fraction of sp³-hybridized carbons (Fsp3) is 0.520. The van der Waals surface area contributed by atoms with Crippen LogP contribution in [0.1, 0.15) is 69.8 Å². The van der Waals surface area contributed by atoms with Crippen LogP contribution in [0.15, 0.2) is 47.6 Å². The molecule has 0 bridgehead atoms. The van der Waals surface area contributed by atoms with Crippen LogP contribution in [-0.2, 0) is 9.59 Å². The van der Waals surface area contributed by atoms with E-state index >= 15 is 0 Å². The van der Waals surface area contributed by atoms with E-state index in [1.807, 2.05) is 36.4 Å². The Morgan fingerprint density at radius 1 is 0.889 bits per heavy atom. The van der Waals surface area contributed by atoms with Crippen molar-refractivity contribution in [3.05, 3.63) is 53.1 Å². The molecule has 0 heterocycles. The summed E-state index contributed by atoms with van der Waals surface area (Å²) in [4.78, 5) is 26.0. The van der Waals surface area contributed by atoms with Gasteiger partial charge >= 0.3 is 0 Å². The van der Waals surface area contributed by atoms with Crippen molar-refractivity contribution in [2.45, 2.75) is 64.2 Å². The molecule has 27 heavy (non-hydrogen) atoms. The highest BCUT2D eigenvalue weighted by Crippen LogP contribution is 2.40. The van der Waals surface area contributed by atoms with Gasteiger partial charge in [0.1, 0.15) is 5.78 Å². The van der Waals surface area contributed by atoms with E-state index in [0.717, 1.165) is 62.5 Å². The lowest BCUT2D eigenvalue weighted by Gasteiger charge is -2.31. The lowest BCUT2D eigenvalue weighted by atomic mass is 9.71. The van der Waals surface area contributed by atoms with Gasteiger partial charge in [-0.3, -0.25) is 9.59 Å². The summed E-state index contributed by atoms with van der Waals surface area (Å²) < 4.78 is 0. The Bertz CT molecular complexity index is 756. The van der Waals surface area contributed by atoms with Gasteiger partial charge in [-0.2, -0.15) is 0 Å². The molecule has 1 aromatic rings. The maximum absolute atomic E-state index is 13.1. The number of Topliss-reactive ketones (excluding diaryl/α,β-unsaturated/α-hetero) is 2. The summed E-state index contributed by atoms with van der Waals surface area (Å²) in [6.07, 6.45) is 14.8. The molecule has 0 radical (unpaired) electrons. The largest absolute Gasteiger partial charge is 0.299 e. The molecule has 0 spiro atoms. The molecule has 3 aliphatic carbocycles. The number of rotatable bonds is 4. The average molecular weight is 363 g/mol. The van der Waals surface area contributed by atoms with Crippen LogP contribution in [0.4, 0.5) is 0 Å². The summed E-state index contributed by atoms with van der Waals surface area (Å²) in [5.41, 5.74) is 3.44. The minimum atomic E-state index is 0.0491. The fourth-order valence-corrected chi connectivity index (χ4v) is 5.23. The summed E-state index contributed by atoms with van der Waals surface area (Å²) >= 11 is 0. The van der Waals surface area contributed by atoms with Gasteiger partial charge in [0.05, 0.1) is 0 Å². The molecular weight excluding hydrogens is 332 g/mol. The second kappa shape index (κ2) is 8.37. The molecule has 2 saturated carbocycles. The summed E-state index contributed by atoms with van der Waals surface area (Å²) in [6.45, 7) is 0. The normalized spacial score (nSPS) is 30.6. The first kappa shape index (κ1) is 18.4. The topological polar surface area (TPSA) is 34.1 Å². The third-order valence-corrected chi connectivity index (χ3v) is 6.72. The number of carbonyl (C=O) groups is 2. The van der Waals surface area contributed by atoms with Crippen molar-refractivity contribution in [2.24, 2.45) is 17.8 Å². The molecule has 0 aromatic heterocycles. The van der Waals surface area contributed by atoms with Crippen molar-refractivity contribution in [1.82, 2.24) is 0 Å². The Kier molecular flexibility index (Phi) is 5.71. The zero-order chi connectivity index (χ0) is 18.6. The first-order valence-corrected chi connectivity index (χ1v) is 10.7. The molecular formula is C25H30O2. The van der Waals surface area contributed by atoms with Gasteiger partial charge < -0.3 is 0 Å². The van der Waals surface area contributed by atoms with Crippen molar-refractivity contribution < 1.29 is 9.59 Å². The van der Waals surface area contributed by atoms with Gasteiger partial charge in [0, 0.05) is 17.8 Å². The number of allylic oxidation sites excluding steroid dienone is 3. The molecule has 0 aliphatic heterocycles. The number of hydrogen-bond donors (Lipinski definition) is 0. The number of carbonyl (C=O) groups excluding carboxylic acids is 2. The van der Waals surface area contributed by atoms with Crippen LogP contribution in [0.2, 0.25) is 0 Å². The molecule has 142 valence electrons. The van der Waals surface area contributed by atoms with Gasteiger partial charge in [0.15, 0.2) is 5.78 Å². The van der Waals surface area contributed by atoms with Crippen LogP contribution in [0.25, 0.3) is 6.08 Å². The van der Waals surface area contributed by atoms with Gasteiger partial charge in [-0.05, 0) is 75.0 Å². The van der Waals surface area contributed by atoms with E-state index in [-0.39, 0.29) is 23.5 Å². The standard InChI is InChI=1S/C25H30O2/c26-24-21(16-18-8-3-1-4-9-18)14-15-22(24)17-20-12-7-13-23(25(20)27)19-10-5-2-6-11-19/h1,3-4,8-10,16,20,22-23H,2,5-7,11-15,17H2/b21-16+/t20-,22-,23+/m1/s1. The monoisotopic (exact) mass is 362 g/mol. The number of hydrogen-bond acceptors (Lipinski definition) is 2. The molecule has 2 heteroatoms. The maximum atomic E-state index is 13.1. The van der Waals surface area contributed by atoms with Gasteiger partial charge in [-0.25, -0.2) is 0 Å². The molecule has 0 saturated heterocycles. The second-order valence-electron chi connectivity index (χ2n) is 8.52. The molecule has 3 atom stereocenters. The van der Waals surface area contributed by atoms with Crippen molar-refractivity contribution in [1.29, 1.82) is 0 Å². The first-order chi connectivity index (χ1) is 13.2. The quantitative estimate of drug-likeness (QED) is 0.492. The zero-order valence-electron chi connectivity index (χ0n) is 16.2. The van der Waals surface area contributed by atoms with E-state index in [1.54, 1.807) is 0 Å². The van der Waals surface area contributed by atoms with E-state index in [9.17, 15) is 9.59 Å². The lowest BCUT2D eigenvalue weighted by molar-refractivity contribution is -0.129. The van der Waals surface area contributed by atoms with Crippen molar-refractivity contribution in [3.8, 4) is 0 Å².